The smallest absolute Gasteiger partial charge is 0.274 e. The molecule has 8 nitrogen and oxygen atoms in total. The number of carbonyl (C=O) groups is 2. The van der Waals surface area contributed by atoms with Crippen molar-refractivity contribution in [2.75, 3.05) is 26.2 Å². The second-order valence-corrected chi connectivity index (χ2v) is 9.78. The summed E-state index contributed by atoms with van der Waals surface area (Å²) < 4.78 is 13.0. The molecule has 2 saturated heterocycles. The molecule has 0 aliphatic carbocycles. The maximum Gasteiger partial charge on any atom is 0.274 e. The Balaban J connectivity index is 1.30. The Morgan fingerprint density at radius 2 is 1.69 bits per heavy atom. The van der Waals surface area contributed by atoms with E-state index < -0.39 is 0 Å². The lowest BCUT2D eigenvalue weighted by Crippen LogP contribution is -2.51. The van der Waals surface area contributed by atoms with Crippen molar-refractivity contribution in [1.82, 2.24) is 19.6 Å². The van der Waals surface area contributed by atoms with Gasteiger partial charge in [0.25, 0.3) is 5.91 Å². The fourth-order valence-electron chi connectivity index (χ4n) is 4.97. The maximum absolute atomic E-state index is 13.4. The molecule has 0 spiro atoms. The molecule has 0 saturated carbocycles. The van der Waals surface area contributed by atoms with Crippen LogP contribution in [0, 0.1) is 5.92 Å². The number of rotatable bonds is 4. The SMILES string of the molecule is C[C@@H]1CN(C(=O)C2CCN(C(=O)c3cc(-c4ccco4)n(-c4ccc(Cl)cc4)n3)CC2)C[C@@H](C)O1. The number of benzene rings is 1. The summed E-state index contributed by atoms with van der Waals surface area (Å²) in [6.07, 6.45) is 2.97. The van der Waals surface area contributed by atoms with Crippen LogP contribution in [-0.2, 0) is 9.53 Å². The van der Waals surface area contributed by atoms with Crippen molar-refractivity contribution >= 4 is 23.4 Å². The summed E-state index contributed by atoms with van der Waals surface area (Å²) in [5, 5.41) is 5.24. The highest BCUT2D eigenvalue weighted by atomic mass is 35.5. The van der Waals surface area contributed by atoms with Gasteiger partial charge in [0.15, 0.2) is 11.5 Å². The minimum atomic E-state index is -0.148. The van der Waals surface area contributed by atoms with Gasteiger partial charge in [0.05, 0.1) is 24.2 Å². The Labute approximate surface area is 209 Å². The van der Waals surface area contributed by atoms with E-state index in [4.69, 9.17) is 20.8 Å². The average Bonchev–Trinajstić information content (AvgIpc) is 3.53. The van der Waals surface area contributed by atoms with Gasteiger partial charge in [-0.1, -0.05) is 11.6 Å². The van der Waals surface area contributed by atoms with Gasteiger partial charge in [-0.25, -0.2) is 4.68 Å². The van der Waals surface area contributed by atoms with Crippen LogP contribution < -0.4 is 0 Å². The van der Waals surface area contributed by atoms with Crippen molar-refractivity contribution in [3.63, 3.8) is 0 Å². The molecule has 2 aliphatic heterocycles. The molecule has 2 fully saturated rings. The van der Waals surface area contributed by atoms with Gasteiger partial charge in [0.2, 0.25) is 5.91 Å². The first-order valence-corrected chi connectivity index (χ1v) is 12.4. The standard InChI is InChI=1S/C26H29ClN4O4/c1-17-15-30(16-18(2)35-17)25(32)19-9-11-29(12-10-19)26(33)22-14-23(24-4-3-13-34-24)31(28-22)21-7-5-20(27)6-8-21/h3-8,13-14,17-19H,9-12,15-16H2,1-2H3/t17-,18-/m1/s1. The van der Waals surface area contributed by atoms with Crippen LogP contribution >= 0.6 is 11.6 Å². The lowest BCUT2D eigenvalue weighted by molar-refractivity contribution is -0.148. The van der Waals surface area contributed by atoms with E-state index in [1.807, 2.05) is 36.9 Å². The van der Waals surface area contributed by atoms with Gasteiger partial charge in [-0.3, -0.25) is 9.59 Å². The Morgan fingerprint density at radius 1 is 1.00 bits per heavy atom. The van der Waals surface area contributed by atoms with E-state index in [0.717, 1.165) is 5.69 Å². The molecule has 0 N–H and O–H groups in total. The van der Waals surface area contributed by atoms with Crippen LogP contribution in [0.1, 0.15) is 37.2 Å². The van der Waals surface area contributed by atoms with Gasteiger partial charge in [0.1, 0.15) is 5.69 Å². The van der Waals surface area contributed by atoms with Gasteiger partial charge in [-0.2, -0.15) is 5.10 Å². The first kappa shape index (κ1) is 23.6. The Hall–Kier alpha value is -3.10. The molecule has 184 valence electrons. The Bertz CT molecular complexity index is 1170. The van der Waals surface area contributed by atoms with Gasteiger partial charge in [-0.15, -0.1) is 0 Å². The zero-order valence-corrected chi connectivity index (χ0v) is 20.6. The Kier molecular flexibility index (Phi) is 6.67. The number of piperidine rings is 1. The molecule has 2 amide bonds. The van der Waals surface area contributed by atoms with Crippen LogP contribution in [-0.4, -0.2) is 69.8 Å². The molecule has 0 bridgehead atoms. The van der Waals surface area contributed by atoms with E-state index in [-0.39, 0.29) is 29.9 Å². The first-order valence-electron chi connectivity index (χ1n) is 12.0. The summed E-state index contributed by atoms with van der Waals surface area (Å²) in [7, 11) is 0. The largest absolute Gasteiger partial charge is 0.463 e. The molecule has 2 atom stereocenters. The van der Waals surface area contributed by atoms with Crippen LogP contribution in [0.2, 0.25) is 5.02 Å². The van der Waals surface area contributed by atoms with Crippen LogP contribution in [0.15, 0.2) is 53.1 Å². The molecule has 2 aliphatic rings. The van der Waals surface area contributed by atoms with Crippen molar-refractivity contribution < 1.29 is 18.7 Å². The Morgan fingerprint density at radius 3 is 2.31 bits per heavy atom. The van der Waals surface area contributed by atoms with E-state index in [1.165, 1.54) is 0 Å². The summed E-state index contributed by atoms with van der Waals surface area (Å²) in [5.74, 6) is 0.572. The molecular weight excluding hydrogens is 468 g/mol. The molecule has 2 aromatic heterocycles. The molecule has 0 radical (unpaired) electrons. The van der Waals surface area contributed by atoms with E-state index in [1.54, 1.807) is 40.1 Å². The second kappa shape index (κ2) is 9.87. The van der Waals surface area contributed by atoms with Gasteiger partial charge >= 0.3 is 0 Å². The molecular formula is C26H29ClN4O4. The van der Waals surface area contributed by atoms with Crippen LogP contribution in [0.25, 0.3) is 17.1 Å². The van der Waals surface area contributed by atoms with E-state index in [2.05, 4.69) is 5.10 Å². The van der Waals surface area contributed by atoms with Gasteiger partial charge in [0, 0.05) is 43.2 Å². The number of morpholine rings is 1. The quantitative estimate of drug-likeness (QED) is 0.538. The molecule has 1 aromatic carbocycles. The fraction of sp³-hybridized carbons (Fsp3) is 0.423. The molecule has 9 heteroatoms. The zero-order chi connectivity index (χ0) is 24.5. The molecule has 3 aromatic rings. The number of amides is 2. The number of hydrogen-bond donors (Lipinski definition) is 0. The lowest BCUT2D eigenvalue weighted by atomic mass is 9.94. The number of halogens is 1. The highest BCUT2D eigenvalue weighted by molar-refractivity contribution is 6.30. The first-order chi connectivity index (χ1) is 16.9. The number of likely N-dealkylation sites (tertiary alicyclic amines) is 1. The second-order valence-electron chi connectivity index (χ2n) is 9.35. The number of aromatic nitrogens is 2. The number of hydrogen-bond acceptors (Lipinski definition) is 5. The third-order valence-electron chi connectivity index (χ3n) is 6.64. The molecule has 0 unspecified atom stereocenters. The van der Waals surface area contributed by atoms with E-state index in [9.17, 15) is 9.59 Å². The molecule has 5 rings (SSSR count). The summed E-state index contributed by atoms with van der Waals surface area (Å²) in [5.41, 5.74) is 1.80. The summed E-state index contributed by atoms with van der Waals surface area (Å²) in [6.45, 7) is 6.29. The normalized spacial score (nSPS) is 21.3. The van der Waals surface area contributed by atoms with Crippen molar-refractivity contribution in [3.05, 3.63) is 59.4 Å². The topological polar surface area (TPSA) is 80.8 Å². The van der Waals surface area contributed by atoms with Crippen LogP contribution in [0.5, 0.6) is 0 Å². The molecule has 35 heavy (non-hydrogen) atoms. The summed E-state index contributed by atoms with van der Waals surface area (Å²) >= 11 is 6.05. The number of carbonyl (C=O) groups excluding carboxylic acids is 2. The number of nitrogens with zero attached hydrogens (tertiary/aromatic N) is 4. The summed E-state index contributed by atoms with van der Waals surface area (Å²) in [6, 6.07) is 12.6. The third-order valence-corrected chi connectivity index (χ3v) is 6.89. The third kappa shape index (κ3) is 4.99. The van der Waals surface area contributed by atoms with Crippen molar-refractivity contribution in [3.8, 4) is 17.1 Å². The van der Waals surface area contributed by atoms with Gasteiger partial charge in [-0.05, 0) is 63.1 Å². The van der Waals surface area contributed by atoms with E-state index >= 15 is 0 Å². The monoisotopic (exact) mass is 496 g/mol. The maximum atomic E-state index is 13.4. The average molecular weight is 497 g/mol. The highest BCUT2D eigenvalue weighted by Crippen LogP contribution is 2.28. The fourth-order valence-corrected chi connectivity index (χ4v) is 5.10. The van der Waals surface area contributed by atoms with Crippen molar-refractivity contribution in [1.29, 1.82) is 0 Å². The van der Waals surface area contributed by atoms with Crippen LogP contribution in [0.4, 0.5) is 0 Å². The lowest BCUT2D eigenvalue weighted by Gasteiger charge is -2.39. The predicted octanol–water partition coefficient (Wildman–Crippen LogP) is 4.27. The summed E-state index contributed by atoms with van der Waals surface area (Å²) in [4.78, 5) is 30.2. The minimum Gasteiger partial charge on any atom is -0.463 e. The minimum absolute atomic E-state index is 0.0449. The van der Waals surface area contributed by atoms with Crippen molar-refractivity contribution in [2.45, 2.75) is 38.9 Å². The zero-order valence-electron chi connectivity index (χ0n) is 19.9. The molecule has 4 heterocycles. The highest BCUT2D eigenvalue weighted by Gasteiger charge is 2.34. The predicted molar refractivity (Wildman–Crippen MR) is 131 cm³/mol. The number of ether oxygens (including phenoxy) is 1. The van der Waals surface area contributed by atoms with Gasteiger partial charge < -0.3 is 19.0 Å². The van der Waals surface area contributed by atoms with Crippen molar-refractivity contribution in [2.24, 2.45) is 5.92 Å². The van der Waals surface area contributed by atoms with E-state index in [0.29, 0.717) is 61.2 Å². The van der Waals surface area contributed by atoms with Crippen LogP contribution in [0.3, 0.4) is 0 Å². The number of furan rings is 1.